The van der Waals surface area contributed by atoms with Gasteiger partial charge in [-0.2, -0.15) is 10.1 Å². The lowest BCUT2D eigenvalue weighted by atomic mass is 10.1. The number of carbonyl (C=O) groups excluding carboxylic acids is 2. The van der Waals surface area contributed by atoms with Crippen LogP contribution in [0.4, 0.5) is 4.79 Å². The van der Waals surface area contributed by atoms with Crippen molar-refractivity contribution in [3.8, 4) is 6.07 Å². The summed E-state index contributed by atoms with van der Waals surface area (Å²) >= 11 is 13.5. The summed E-state index contributed by atoms with van der Waals surface area (Å²) in [4.78, 5) is 37.6. The van der Waals surface area contributed by atoms with E-state index in [2.05, 4.69) is 20.7 Å². The third-order valence-corrected chi connectivity index (χ3v) is 6.64. The Bertz CT molecular complexity index is 1320. The second kappa shape index (κ2) is 13.0. The fraction of sp³-hybridized carbons (Fsp3) is 0.261. The number of nitriles is 1. The summed E-state index contributed by atoms with van der Waals surface area (Å²) < 4.78 is 5.08. The van der Waals surface area contributed by atoms with E-state index < -0.39 is 36.9 Å². The van der Waals surface area contributed by atoms with Gasteiger partial charge in [0, 0.05) is 6.42 Å². The molecule has 0 radical (unpaired) electrons. The van der Waals surface area contributed by atoms with E-state index in [1.807, 2.05) is 13.0 Å². The SMILES string of the molecule is Cc1cc(Cl)c(Sc2nnn(CC(=O)C(CC(=O)O)NC(=O)OCCc3ccc(C#N)cc3)n2)c(Cl)c1. The number of carbonyl (C=O) groups is 3. The number of carboxylic acids is 1. The van der Waals surface area contributed by atoms with E-state index in [9.17, 15) is 19.5 Å². The van der Waals surface area contributed by atoms with Gasteiger partial charge in [0.15, 0.2) is 5.78 Å². The molecule has 0 saturated heterocycles. The number of aromatic nitrogens is 4. The van der Waals surface area contributed by atoms with Crippen molar-refractivity contribution in [3.63, 3.8) is 0 Å². The highest BCUT2D eigenvalue weighted by Gasteiger charge is 2.25. The second-order valence-electron chi connectivity index (χ2n) is 7.72. The molecule has 1 amide bonds. The number of aliphatic carboxylic acids is 1. The topological polar surface area (TPSA) is 160 Å². The summed E-state index contributed by atoms with van der Waals surface area (Å²) in [6.45, 7) is 1.40. The molecular weight excluding hydrogens is 543 g/mol. The molecule has 14 heteroatoms. The molecule has 3 rings (SSSR count). The minimum absolute atomic E-state index is 0.0128. The van der Waals surface area contributed by atoms with Crippen LogP contribution >= 0.6 is 35.0 Å². The first-order valence-electron chi connectivity index (χ1n) is 10.7. The van der Waals surface area contributed by atoms with Crippen molar-refractivity contribution < 1.29 is 24.2 Å². The van der Waals surface area contributed by atoms with E-state index in [0.717, 1.165) is 27.7 Å². The fourth-order valence-corrected chi connectivity index (χ4v) is 4.61. The summed E-state index contributed by atoms with van der Waals surface area (Å²) in [6, 6.07) is 10.8. The van der Waals surface area contributed by atoms with Crippen molar-refractivity contribution in [2.45, 2.75) is 42.4 Å². The van der Waals surface area contributed by atoms with Crippen molar-refractivity contribution in [2.75, 3.05) is 6.61 Å². The molecule has 3 aromatic rings. The summed E-state index contributed by atoms with van der Waals surface area (Å²) in [5.74, 6) is -1.95. The zero-order valence-corrected chi connectivity index (χ0v) is 21.7. The number of Topliss-reactive ketones (excluding diaryl/α,β-unsaturated/α-hetero) is 1. The first kappa shape index (κ1) is 27.9. The third-order valence-electron chi connectivity index (χ3n) is 4.83. The number of rotatable bonds is 11. The van der Waals surface area contributed by atoms with Crippen LogP contribution < -0.4 is 5.32 Å². The van der Waals surface area contributed by atoms with Gasteiger partial charge in [0.05, 0.1) is 39.6 Å². The van der Waals surface area contributed by atoms with Crippen LogP contribution in [0.25, 0.3) is 0 Å². The first-order valence-corrected chi connectivity index (χ1v) is 12.3. The molecule has 1 aromatic heterocycles. The molecule has 0 spiro atoms. The molecule has 1 heterocycles. The molecule has 0 aliphatic heterocycles. The van der Waals surface area contributed by atoms with Crippen LogP contribution in [0.1, 0.15) is 23.1 Å². The molecule has 1 atom stereocenters. The number of aryl methyl sites for hydroxylation is 1. The predicted octanol–water partition coefficient (Wildman–Crippen LogP) is 3.69. The van der Waals surface area contributed by atoms with Crippen LogP contribution in [0.2, 0.25) is 10.0 Å². The molecule has 1 unspecified atom stereocenters. The highest BCUT2D eigenvalue weighted by atomic mass is 35.5. The lowest BCUT2D eigenvalue weighted by molar-refractivity contribution is -0.139. The Kier molecular flexibility index (Phi) is 9.85. The lowest BCUT2D eigenvalue weighted by Crippen LogP contribution is -2.44. The number of halogens is 2. The minimum atomic E-state index is -1.37. The van der Waals surface area contributed by atoms with E-state index in [-0.39, 0.29) is 11.8 Å². The fourth-order valence-electron chi connectivity index (χ4n) is 3.07. The van der Waals surface area contributed by atoms with Crippen LogP contribution in [-0.2, 0) is 27.3 Å². The molecule has 11 nitrogen and oxygen atoms in total. The van der Waals surface area contributed by atoms with Crippen molar-refractivity contribution in [3.05, 3.63) is 63.1 Å². The molecule has 0 fully saturated rings. The third kappa shape index (κ3) is 8.45. The molecule has 0 aliphatic rings. The van der Waals surface area contributed by atoms with E-state index in [4.69, 9.17) is 33.2 Å². The predicted molar refractivity (Wildman–Crippen MR) is 134 cm³/mol. The number of alkyl carbamates (subject to hydrolysis) is 1. The number of ether oxygens (including phenoxy) is 1. The number of hydrogen-bond acceptors (Lipinski definition) is 9. The summed E-state index contributed by atoms with van der Waals surface area (Å²) in [6.07, 6.45) is -1.23. The van der Waals surface area contributed by atoms with E-state index in [0.29, 0.717) is 26.9 Å². The molecule has 192 valence electrons. The molecule has 2 N–H and O–H groups in total. The van der Waals surface area contributed by atoms with Crippen LogP contribution in [0.5, 0.6) is 0 Å². The Morgan fingerprint density at radius 1 is 1.22 bits per heavy atom. The Balaban J connectivity index is 1.56. The van der Waals surface area contributed by atoms with Gasteiger partial charge in [-0.25, -0.2) is 4.79 Å². The van der Waals surface area contributed by atoms with Gasteiger partial charge in [-0.15, -0.1) is 10.2 Å². The highest BCUT2D eigenvalue weighted by Crippen LogP contribution is 2.37. The van der Waals surface area contributed by atoms with Gasteiger partial charge in [-0.05, 0) is 59.3 Å². The molecule has 37 heavy (non-hydrogen) atoms. The number of nitrogens with zero attached hydrogens (tertiary/aromatic N) is 5. The maximum atomic E-state index is 12.7. The number of nitrogens with one attached hydrogen (secondary N) is 1. The molecule has 2 aromatic carbocycles. The van der Waals surface area contributed by atoms with E-state index in [1.165, 1.54) is 0 Å². The van der Waals surface area contributed by atoms with Crippen molar-refractivity contribution in [1.29, 1.82) is 5.26 Å². The zero-order chi connectivity index (χ0) is 26.9. The van der Waals surface area contributed by atoms with Crippen molar-refractivity contribution in [1.82, 2.24) is 25.5 Å². The number of tetrazole rings is 1. The minimum Gasteiger partial charge on any atom is -0.481 e. The Morgan fingerprint density at radius 3 is 2.51 bits per heavy atom. The number of carboxylic acid groups (broad SMARTS) is 1. The van der Waals surface area contributed by atoms with Gasteiger partial charge in [0.1, 0.15) is 12.6 Å². The van der Waals surface area contributed by atoms with Gasteiger partial charge in [0.2, 0.25) is 5.16 Å². The van der Waals surface area contributed by atoms with E-state index in [1.54, 1.807) is 36.4 Å². The average Bonchev–Trinajstić information content (AvgIpc) is 3.28. The van der Waals surface area contributed by atoms with Gasteiger partial charge in [0.25, 0.3) is 0 Å². The normalized spacial score (nSPS) is 11.4. The first-order chi connectivity index (χ1) is 17.6. The van der Waals surface area contributed by atoms with Crippen LogP contribution in [0.15, 0.2) is 46.5 Å². The van der Waals surface area contributed by atoms with E-state index >= 15 is 0 Å². The molecule has 0 bridgehead atoms. The monoisotopic (exact) mass is 562 g/mol. The largest absolute Gasteiger partial charge is 0.481 e. The van der Waals surface area contributed by atoms with Gasteiger partial charge >= 0.3 is 12.1 Å². The second-order valence-corrected chi connectivity index (χ2v) is 9.51. The molecule has 0 saturated carbocycles. The summed E-state index contributed by atoms with van der Waals surface area (Å²) in [7, 11) is 0. The Hall–Kier alpha value is -3.66. The van der Waals surface area contributed by atoms with Crippen molar-refractivity contribution >= 4 is 52.8 Å². The standard InChI is InChI=1S/C23H20Cl2N6O5S/c1-13-8-16(24)21(17(25)9-13)37-22-28-30-31(29-22)12-19(32)18(10-20(33)34)27-23(35)36-7-6-14-2-4-15(11-26)5-3-14/h2-5,8-9,18H,6-7,10,12H2,1H3,(H,27,35)(H,33,34). The number of hydrogen-bond donors (Lipinski definition) is 2. The average molecular weight is 563 g/mol. The Morgan fingerprint density at radius 2 is 1.89 bits per heavy atom. The van der Waals surface area contributed by atoms with Crippen LogP contribution in [-0.4, -0.2) is 55.8 Å². The quantitative estimate of drug-likeness (QED) is 0.352. The molecule has 0 aliphatic carbocycles. The van der Waals surface area contributed by atoms with Gasteiger partial charge < -0.3 is 15.2 Å². The smallest absolute Gasteiger partial charge is 0.407 e. The maximum Gasteiger partial charge on any atom is 0.407 e. The van der Waals surface area contributed by atoms with Crippen LogP contribution in [0.3, 0.4) is 0 Å². The highest BCUT2D eigenvalue weighted by molar-refractivity contribution is 7.99. The number of ketones is 1. The number of amides is 1. The Labute approximate surface area is 225 Å². The summed E-state index contributed by atoms with van der Waals surface area (Å²) in [5.41, 5.74) is 2.23. The number of benzene rings is 2. The van der Waals surface area contributed by atoms with Crippen molar-refractivity contribution in [2.24, 2.45) is 0 Å². The lowest BCUT2D eigenvalue weighted by Gasteiger charge is -2.15. The van der Waals surface area contributed by atoms with Gasteiger partial charge in [-0.3, -0.25) is 9.59 Å². The van der Waals surface area contributed by atoms with Gasteiger partial charge in [-0.1, -0.05) is 35.3 Å². The molecular formula is C23H20Cl2N6O5S. The summed E-state index contributed by atoms with van der Waals surface area (Å²) in [5, 5.41) is 33.0. The van der Waals surface area contributed by atoms with Crippen LogP contribution in [0, 0.1) is 18.3 Å². The zero-order valence-electron chi connectivity index (χ0n) is 19.4. The maximum absolute atomic E-state index is 12.7.